The summed E-state index contributed by atoms with van der Waals surface area (Å²) in [7, 11) is 0. The van der Waals surface area contributed by atoms with Crippen molar-refractivity contribution >= 4 is 41.3 Å². The van der Waals surface area contributed by atoms with Crippen LogP contribution in [0, 0.1) is 6.92 Å². The van der Waals surface area contributed by atoms with Gasteiger partial charge in [0.25, 0.3) is 0 Å². The van der Waals surface area contributed by atoms with Crippen LogP contribution < -0.4 is 10.6 Å². The highest BCUT2D eigenvalue weighted by Gasteiger charge is 2.44. The average molecular weight is 500 g/mol. The minimum atomic E-state index is -1.12. The van der Waals surface area contributed by atoms with Crippen LogP contribution in [0.5, 0.6) is 0 Å². The van der Waals surface area contributed by atoms with Crippen molar-refractivity contribution in [2.75, 3.05) is 17.6 Å². The van der Waals surface area contributed by atoms with Crippen LogP contribution in [0.1, 0.15) is 47.6 Å². The van der Waals surface area contributed by atoms with Crippen LogP contribution >= 0.6 is 11.8 Å². The van der Waals surface area contributed by atoms with Gasteiger partial charge in [0.15, 0.2) is 0 Å². The summed E-state index contributed by atoms with van der Waals surface area (Å²) in [5.74, 6) is -1.68. The van der Waals surface area contributed by atoms with Gasteiger partial charge in [-0.1, -0.05) is 30.3 Å². The van der Waals surface area contributed by atoms with Crippen LogP contribution in [0.15, 0.2) is 48.5 Å². The monoisotopic (exact) mass is 499 g/mol. The molecular weight excluding hydrogens is 470 g/mol. The van der Waals surface area contributed by atoms with Crippen molar-refractivity contribution in [3.05, 3.63) is 65.2 Å². The van der Waals surface area contributed by atoms with E-state index in [-0.39, 0.29) is 17.8 Å². The second-order valence-corrected chi connectivity index (χ2v) is 10.2. The highest BCUT2D eigenvalue weighted by atomic mass is 32.2. The number of carbonyl (C=O) groups is 4. The van der Waals surface area contributed by atoms with Gasteiger partial charge in [0.05, 0.1) is 12.1 Å². The van der Waals surface area contributed by atoms with E-state index in [2.05, 4.69) is 10.6 Å². The number of rotatable bonds is 6. The predicted octanol–water partition coefficient (Wildman–Crippen LogP) is 3.80. The number of thioether (sulfide) groups is 1. The molecular formula is C25H29N3O6S. The molecule has 3 rings (SSSR count). The molecule has 186 valence electrons. The fraction of sp³-hybridized carbons (Fsp3) is 0.360. The smallest absolute Gasteiger partial charge is 0.335 e. The maximum Gasteiger partial charge on any atom is 0.335 e. The molecule has 0 aromatic heterocycles. The molecule has 1 fully saturated rings. The first-order valence-electron chi connectivity index (χ1n) is 11.1. The number of carboxylic acid groups (broad SMARTS) is 1. The Morgan fingerprint density at radius 1 is 1.11 bits per heavy atom. The first kappa shape index (κ1) is 26.1. The Morgan fingerprint density at radius 3 is 2.49 bits per heavy atom. The standard InChI is InChI=1S/C25H29N3O6S/c1-15-8-5-6-11-18(15)21-28(19(14-35-21)23(32)34-25(2,3)4)20(29)13-26-24(33)27-17-10-7-9-16(12-17)22(30)31/h5-12,19,21H,13-14H2,1-4H3,(H,30,31)(H2,26,27,33). The van der Waals surface area contributed by atoms with Gasteiger partial charge < -0.3 is 25.4 Å². The number of nitrogens with one attached hydrogen (secondary N) is 2. The zero-order valence-electron chi connectivity index (χ0n) is 20.0. The van der Waals surface area contributed by atoms with Gasteiger partial charge in [-0.25, -0.2) is 14.4 Å². The maximum atomic E-state index is 13.3. The van der Waals surface area contributed by atoms with Crippen LogP contribution in [0.4, 0.5) is 10.5 Å². The van der Waals surface area contributed by atoms with Crippen molar-refractivity contribution in [1.82, 2.24) is 10.2 Å². The summed E-state index contributed by atoms with van der Waals surface area (Å²) in [5, 5.41) is 13.7. The summed E-state index contributed by atoms with van der Waals surface area (Å²) >= 11 is 1.47. The van der Waals surface area contributed by atoms with E-state index < -0.39 is 40.9 Å². The highest BCUT2D eigenvalue weighted by molar-refractivity contribution is 7.99. The Labute approximate surface area is 208 Å². The molecule has 10 heteroatoms. The molecule has 0 saturated carbocycles. The quantitative estimate of drug-likeness (QED) is 0.516. The van der Waals surface area contributed by atoms with Crippen molar-refractivity contribution in [3.63, 3.8) is 0 Å². The molecule has 35 heavy (non-hydrogen) atoms. The molecule has 9 nitrogen and oxygen atoms in total. The second kappa shape index (κ2) is 10.8. The SMILES string of the molecule is Cc1ccccc1C1SCC(C(=O)OC(C)(C)C)N1C(=O)CNC(=O)Nc1cccc(C(=O)O)c1. The summed E-state index contributed by atoms with van der Waals surface area (Å²) in [6.07, 6.45) is 0. The minimum absolute atomic E-state index is 0.0224. The Bertz CT molecular complexity index is 1130. The number of carbonyl (C=O) groups excluding carboxylic acids is 3. The molecule has 0 aliphatic carbocycles. The fourth-order valence-corrected chi connectivity index (χ4v) is 5.15. The van der Waals surface area contributed by atoms with E-state index in [1.54, 1.807) is 20.8 Å². The van der Waals surface area contributed by atoms with Gasteiger partial charge in [0.1, 0.15) is 17.0 Å². The number of ether oxygens (including phenoxy) is 1. The number of aromatic carboxylic acids is 1. The normalized spacial score (nSPS) is 17.5. The second-order valence-electron chi connectivity index (χ2n) is 9.09. The molecule has 0 bridgehead atoms. The Kier molecular flexibility index (Phi) is 8.06. The van der Waals surface area contributed by atoms with E-state index in [0.717, 1.165) is 11.1 Å². The number of anilines is 1. The van der Waals surface area contributed by atoms with Gasteiger partial charge in [0, 0.05) is 11.4 Å². The van der Waals surface area contributed by atoms with Crippen LogP contribution in [0.25, 0.3) is 0 Å². The molecule has 2 aromatic carbocycles. The Morgan fingerprint density at radius 2 is 1.83 bits per heavy atom. The molecule has 0 spiro atoms. The van der Waals surface area contributed by atoms with Crippen molar-refractivity contribution in [2.45, 2.75) is 44.7 Å². The van der Waals surface area contributed by atoms with E-state index in [1.165, 1.54) is 40.9 Å². The molecule has 1 heterocycles. The number of esters is 1. The number of nitrogens with zero attached hydrogens (tertiary/aromatic N) is 1. The topological polar surface area (TPSA) is 125 Å². The fourth-order valence-electron chi connectivity index (χ4n) is 3.62. The van der Waals surface area contributed by atoms with Gasteiger partial charge in [-0.05, 0) is 57.0 Å². The summed E-state index contributed by atoms with van der Waals surface area (Å²) < 4.78 is 5.56. The molecule has 1 saturated heterocycles. The zero-order valence-corrected chi connectivity index (χ0v) is 20.8. The number of urea groups is 1. The van der Waals surface area contributed by atoms with E-state index in [9.17, 15) is 19.2 Å². The van der Waals surface area contributed by atoms with Gasteiger partial charge in [-0.3, -0.25) is 4.79 Å². The van der Waals surface area contributed by atoms with Gasteiger partial charge in [0.2, 0.25) is 5.91 Å². The molecule has 1 aliphatic rings. The number of amides is 3. The Hall–Kier alpha value is -3.53. The molecule has 3 amide bonds. The van der Waals surface area contributed by atoms with Crippen molar-refractivity contribution in [3.8, 4) is 0 Å². The van der Waals surface area contributed by atoms with Gasteiger partial charge in [-0.15, -0.1) is 11.8 Å². The first-order valence-corrected chi connectivity index (χ1v) is 12.1. The van der Waals surface area contributed by atoms with E-state index in [1.807, 2.05) is 31.2 Å². The summed E-state index contributed by atoms with van der Waals surface area (Å²) in [6, 6.07) is 11.9. The van der Waals surface area contributed by atoms with Gasteiger partial charge in [-0.2, -0.15) is 0 Å². The zero-order chi connectivity index (χ0) is 25.8. The van der Waals surface area contributed by atoms with Gasteiger partial charge >= 0.3 is 18.0 Å². The minimum Gasteiger partial charge on any atom is -0.478 e. The van der Waals surface area contributed by atoms with Crippen LogP contribution in [-0.2, 0) is 14.3 Å². The number of benzene rings is 2. The lowest BCUT2D eigenvalue weighted by Crippen LogP contribution is -2.49. The third-order valence-electron chi connectivity index (χ3n) is 5.19. The molecule has 2 aromatic rings. The third kappa shape index (κ3) is 6.75. The van der Waals surface area contributed by atoms with E-state index >= 15 is 0 Å². The molecule has 1 aliphatic heterocycles. The molecule has 0 radical (unpaired) electrons. The highest BCUT2D eigenvalue weighted by Crippen LogP contribution is 2.43. The number of carboxylic acids is 1. The maximum absolute atomic E-state index is 13.3. The lowest BCUT2D eigenvalue weighted by atomic mass is 10.1. The summed E-state index contributed by atoms with van der Waals surface area (Å²) in [5.41, 5.74) is 1.48. The molecule has 2 atom stereocenters. The molecule has 2 unspecified atom stereocenters. The first-order chi connectivity index (χ1) is 16.5. The summed E-state index contributed by atoms with van der Waals surface area (Å²) in [4.78, 5) is 51.2. The lowest BCUT2D eigenvalue weighted by Gasteiger charge is -2.31. The van der Waals surface area contributed by atoms with Crippen molar-refractivity contribution in [2.24, 2.45) is 0 Å². The van der Waals surface area contributed by atoms with Crippen LogP contribution in [0.2, 0.25) is 0 Å². The van der Waals surface area contributed by atoms with Crippen molar-refractivity contribution in [1.29, 1.82) is 0 Å². The Balaban J connectivity index is 1.74. The average Bonchev–Trinajstić information content (AvgIpc) is 3.22. The third-order valence-corrected chi connectivity index (χ3v) is 6.49. The molecule has 3 N–H and O–H groups in total. The number of hydrogen-bond acceptors (Lipinski definition) is 6. The van der Waals surface area contributed by atoms with Crippen LogP contribution in [-0.4, -0.2) is 57.8 Å². The van der Waals surface area contributed by atoms with E-state index in [0.29, 0.717) is 5.75 Å². The predicted molar refractivity (Wildman–Crippen MR) is 133 cm³/mol. The van der Waals surface area contributed by atoms with Crippen LogP contribution in [0.3, 0.4) is 0 Å². The largest absolute Gasteiger partial charge is 0.478 e. The van der Waals surface area contributed by atoms with Crippen molar-refractivity contribution < 1.29 is 29.0 Å². The number of hydrogen-bond donors (Lipinski definition) is 3. The number of aryl methyl sites for hydroxylation is 1. The lowest BCUT2D eigenvalue weighted by molar-refractivity contribution is -0.163. The summed E-state index contributed by atoms with van der Waals surface area (Å²) in [6.45, 7) is 6.89. The van der Waals surface area contributed by atoms with E-state index in [4.69, 9.17) is 9.84 Å².